The summed E-state index contributed by atoms with van der Waals surface area (Å²) in [7, 11) is 1.62. The van der Waals surface area contributed by atoms with E-state index in [2.05, 4.69) is 39.2 Å². The molecule has 0 spiro atoms. The fourth-order valence-corrected chi connectivity index (χ4v) is 5.36. The Morgan fingerprint density at radius 1 is 1.05 bits per heavy atom. The van der Waals surface area contributed by atoms with Crippen molar-refractivity contribution in [2.24, 2.45) is 0 Å². The molecule has 3 heterocycles. The van der Waals surface area contributed by atoms with E-state index in [0.717, 1.165) is 42.1 Å². The van der Waals surface area contributed by atoms with Gasteiger partial charge in [0.25, 0.3) is 0 Å². The molecule has 2 aliphatic heterocycles. The van der Waals surface area contributed by atoms with Crippen molar-refractivity contribution < 1.29 is 14.6 Å². The van der Waals surface area contributed by atoms with Crippen LogP contribution in [0.3, 0.4) is 0 Å². The van der Waals surface area contributed by atoms with Gasteiger partial charge in [-0.25, -0.2) is 9.78 Å². The van der Waals surface area contributed by atoms with Gasteiger partial charge >= 0.3 is 6.03 Å². The first-order valence-electron chi connectivity index (χ1n) is 12.8. The average molecular weight is 497 g/mol. The fourth-order valence-electron chi connectivity index (χ4n) is 5.36. The van der Waals surface area contributed by atoms with Gasteiger partial charge in [-0.3, -0.25) is 4.90 Å². The van der Waals surface area contributed by atoms with Gasteiger partial charge in [0, 0.05) is 48.5 Å². The highest BCUT2D eigenvalue weighted by Crippen LogP contribution is 2.42. The van der Waals surface area contributed by atoms with E-state index in [-0.39, 0.29) is 30.6 Å². The lowest BCUT2D eigenvalue weighted by Crippen LogP contribution is -2.68. The maximum absolute atomic E-state index is 13.2. The van der Waals surface area contributed by atoms with E-state index < -0.39 is 0 Å². The third kappa shape index (κ3) is 5.61. The maximum Gasteiger partial charge on any atom is 0.321 e. The number of hydrogen-bond acceptors (Lipinski definition) is 5. The van der Waals surface area contributed by atoms with Crippen LogP contribution in [0, 0.1) is 11.8 Å². The van der Waals surface area contributed by atoms with Crippen LogP contribution in [0.4, 0.5) is 10.5 Å². The molecule has 0 radical (unpaired) electrons. The van der Waals surface area contributed by atoms with E-state index in [0.29, 0.717) is 13.1 Å². The number of pyridine rings is 1. The molecule has 3 aromatic rings. The Bertz CT molecular complexity index is 1250. The lowest BCUT2D eigenvalue weighted by atomic mass is 9.74. The molecule has 0 unspecified atom stereocenters. The minimum absolute atomic E-state index is 0.0556. The number of carbonyl (C=O) groups excluding carboxylic acids is 1. The van der Waals surface area contributed by atoms with Crippen molar-refractivity contribution in [3.8, 4) is 17.6 Å². The number of aliphatic hydroxyl groups is 1. The van der Waals surface area contributed by atoms with Gasteiger partial charge in [0.05, 0.1) is 13.7 Å². The van der Waals surface area contributed by atoms with E-state index in [1.165, 1.54) is 5.56 Å². The molecule has 2 saturated heterocycles. The number of nitrogens with zero attached hydrogens (tertiary/aromatic N) is 3. The predicted molar refractivity (Wildman–Crippen MR) is 144 cm³/mol. The van der Waals surface area contributed by atoms with Crippen LogP contribution in [-0.2, 0) is 0 Å². The highest BCUT2D eigenvalue weighted by Gasteiger charge is 2.49. The topological polar surface area (TPSA) is 77.9 Å². The van der Waals surface area contributed by atoms with Crippen LogP contribution in [0.25, 0.3) is 0 Å². The third-order valence-corrected chi connectivity index (χ3v) is 7.29. The fraction of sp³-hybridized carbons (Fsp3) is 0.333. The van der Waals surface area contributed by atoms with Gasteiger partial charge in [-0.15, -0.1) is 0 Å². The predicted octanol–water partition coefficient (Wildman–Crippen LogP) is 3.95. The van der Waals surface area contributed by atoms with Crippen molar-refractivity contribution in [2.45, 2.75) is 30.8 Å². The smallest absolute Gasteiger partial charge is 0.321 e. The number of hydrogen-bond donors (Lipinski definition) is 2. The molecule has 3 atom stereocenters. The molecule has 2 N–H and O–H groups in total. The van der Waals surface area contributed by atoms with E-state index in [4.69, 9.17) is 4.74 Å². The number of benzene rings is 2. The quantitative estimate of drug-likeness (QED) is 0.535. The normalized spacial score (nSPS) is 21.4. The molecule has 7 heteroatoms. The van der Waals surface area contributed by atoms with Gasteiger partial charge in [-0.2, -0.15) is 0 Å². The van der Waals surface area contributed by atoms with Crippen molar-refractivity contribution >= 4 is 11.7 Å². The van der Waals surface area contributed by atoms with Gasteiger partial charge in [0.2, 0.25) is 0 Å². The molecule has 2 aromatic carbocycles. The second kappa shape index (κ2) is 11.5. The number of anilines is 1. The summed E-state index contributed by atoms with van der Waals surface area (Å²) >= 11 is 0. The number of nitrogens with one attached hydrogen (secondary N) is 1. The van der Waals surface area contributed by atoms with Crippen LogP contribution >= 0.6 is 0 Å². The van der Waals surface area contributed by atoms with E-state index in [1.807, 2.05) is 59.5 Å². The second-order valence-electron chi connectivity index (χ2n) is 9.48. The Morgan fingerprint density at radius 2 is 1.84 bits per heavy atom. The summed E-state index contributed by atoms with van der Waals surface area (Å²) in [4.78, 5) is 21.7. The highest BCUT2D eigenvalue weighted by molar-refractivity contribution is 5.89. The van der Waals surface area contributed by atoms with Gasteiger partial charge < -0.3 is 20.1 Å². The Labute approximate surface area is 218 Å². The minimum atomic E-state index is -0.0987. The lowest BCUT2D eigenvalue weighted by molar-refractivity contribution is -0.0585. The number of amides is 2. The molecule has 1 aromatic heterocycles. The van der Waals surface area contributed by atoms with Crippen LogP contribution in [0.2, 0.25) is 0 Å². The van der Waals surface area contributed by atoms with Crippen molar-refractivity contribution in [1.29, 1.82) is 0 Å². The number of aliphatic hydroxyl groups excluding tert-OH is 1. The van der Waals surface area contributed by atoms with Crippen LogP contribution in [0.1, 0.15) is 35.6 Å². The summed E-state index contributed by atoms with van der Waals surface area (Å²) in [6.45, 7) is 2.36. The number of methoxy groups -OCH3 is 1. The van der Waals surface area contributed by atoms with Crippen molar-refractivity contribution in [3.05, 3.63) is 89.7 Å². The summed E-state index contributed by atoms with van der Waals surface area (Å²) in [5.41, 5.74) is 3.57. The summed E-state index contributed by atoms with van der Waals surface area (Å²) in [6.07, 6.45) is 3.67. The molecule has 2 amide bonds. The molecular formula is C30H32N4O3. The Hall–Kier alpha value is -3.86. The molecule has 2 fully saturated rings. The lowest BCUT2D eigenvalue weighted by Gasteiger charge is -2.57. The summed E-state index contributed by atoms with van der Waals surface area (Å²) in [5.74, 6) is 7.17. The molecule has 0 bridgehead atoms. The molecular weight excluding hydrogens is 464 g/mol. The van der Waals surface area contributed by atoms with E-state index >= 15 is 0 Å². The first-order chi connectivity index (χ1) is 18.2. The zero-order chi connectivity index (χ0) is 25.6. The SMILES string of the molecule is COc1ccc(NC(=O)N2CCCCN3[C@H](CO)[C@H](c4ccc(C#Cc5ccccn5)cc4)[C@@H]3C2)cc1. The Morgan fingerprint density at radius 3 is 2.54 bits per heavy atom. The molecule has 0 aliphatic carbocycles. The van der Waals surface area contributed by atoms with Crippen LogP contribution < -0.4 is 10.1 Å². The molecule has 7 nitrogen and oxygen atoms in total. The van der Waals surface area contributed by atoms with Gasteiger partial charge in [-0.1, -0.05) is 24.1 Å². The van der Waals surface area contributed by atoms with E-state index in [9.17, 15) is 9.90 Å². The summed E-state index contributed by atoms with van der Waals surface area (Å²) < 4.78 is 5.21. The Balaban J connectivity index is 1.30. The number of carbonyl (C=O) groups is 1. The molecule has 2 aliphatic rings. The number of fused-ring (bicyclic) bond motifs is 1. The molecule has 5 rings (SSSR count). The number of rotatable bonds is 4. The van der Waals surface area contributed by atoms with Gasteiger partial charge in [-0.05, 0) is 79.4 Å². The summed E-state index contributed by atoms with van der Waals surface area (Å²) in [5, 5.41) is 13.3. The largest absolute Gasteiger partial charge is 0.497 e. The third-order valence-electron chi connectivity index (χ3n) is 7.29. The van der Waals surface area contributed by atoms with Crippen LogP contribution in [-0.4, -0.2) is 71.4 Å². The Kier molecular flexibility index (Phi) is 7.69. The molecule has 190 valence electrons. The number of urea groups is 1. The molecule has 37 heavy (non-hydrogen) atoms. The monoisotopic (exact) mass is 496 g/mol. The minimum Gasteiger partial charge on any atom is -0.497 e. The van der Waals surface area contributed by atoms with Crippen molar-refractivity contribution in [3.63, 3.8) is 0 Å². The van der Waals surface area contributed by atoms with Crippen molar-refractivity contribution in [1.82, 2.24) is 14.8 Å². The summed E-state index contributed by atoms with van der Waals surface area (Å²) in [6, 6.07) is 21.4. The van der Waals surface area contributed by atoms with Gasteiger partial charge in [0.15, 0.2) is 0 Å². The zero-order valence-corrected chi connectivity index (χ0v) is 21.0. The average Bonchev–Trinajstić information content (AvgIpc) is 2.92. The number of aromatic nitrogens is 1. The highest BCUT2D eigenvalue weighted by atomic mass is 16.5. The van der Waals surface area contributed by atoms with Gasteiger partial charge in [0.1, 0.15) is 11.4 Å². The second-order valence-corrected chi connectivity index (χ2v) is 9.48. The maximum atomic E-state index is 13.2. The molecule has 0 saturated carbocycles. The first-order valence-corrected chi connectivity index (χ1v) is 12.8. The van der Waals surface area contributed by atoms with Crippen LogP contribution in [0.15, 0.2) is 72.9 Å². The van der Waals surface area contributed by atoms with Crippen LogP contribution in [0.5, 0.6) is 5.75 Å². The van der Waals surface area contributed by atoms with E-state index in [1.54, 1.807) is 13.3 Å². The zero-order valence-electron chi connectivity index (χ0n) is 21.0. The first kappa shape index (κ1) is 24.8. The standard InChI is InChI=1S/C30H32N4O3/c1-37-26-15-13-25(14-16-26)32-30(36)33-18-4-5-19-34-27(20-33)29(28(34)21-35)23-10-7-22(8-11-23)9-12-24-6-2-3-17-31-24/h2-3,6-8,10-11,13-17,27-29,35H,4-5,18-21H2,1H3,(H,32,36)/t27-,28+,29+/m0/s1. The van der Waals surface area contributed by atoms with Crippen molar-refractivity contribution in [2.75, 3.05) is 38.7 Å². The number of ether oxygens (including phenoxy) is 1.